The lowest BCUT2D eigenvalue weighted by Crippen LogP contribution is -1.83. The predicted molar refractivity (Wildman–Crippen MR) is 55.9 cm³/mol. The van der Waals surface area contributed by atoms with E-state index in [1.165, 1.54) is 12.4 Å². The summed E-state index contributed by atoms with van der Waals surface area (Å²) in [6.45, 7) is -0.592. The zero-order valence-electron chi connectivity index (χ0n) is 8.30. The fourth-order valence-electron chi connectivity index (χ4n) is 1.25. The van der Waals surface area contributed by atoms with Crippen LogP contribution in [0, 0.1) is 0 Å². The lowest BCUT2D eigenvalue weighted by molar-refractivity contribution is 0.300. The molecule has 4 nitrogen and oxygen atoms in total. The Balaban J connectivity index is 2.23. The Labute approximate surface area is 91.0 Å². The third-order valence-corrected chi connectivity index (χ3v) is 1.99. The number of hydrogen-bond donors (Lipinski definition) is 1. The molecule has 0 spiro atoms. The molecule has 0 saturated carbocycles. The SMILES string of the molecule is OCC(F)=Cc1ccc(-c2ncno2)cc1. The van der Waals surface area contributed by atoms with Crippen molar-refractivity contribution < 1.29 is 14.0 Å². The van der Waals surface area contributed by atoms with E-state index in [1.807, 2.05) is 0 Å². The summed E-state index contributed by atoms with van der Waals surface area (Å²) in [7, 11) is 0. The summed E-state index contributed by atoms with van der Waals surface area (Å²) >= 11 is 0. The van der Waals surface area contributed by atoms with Gasteiger partial charge in [-0.05, 0) is 23.8 Å². The van der Waals surface area contributed by atoms with Gasteiger partial charge >= 0.3 is 0 Å². The van der Waals surface area contributed by atoms with Gasteiger partial charge in [0.25, 0.3) is 5.89 Å². The second kappa shape index (κ2) is 4.67. The molecule has 0 atom stereocenters. The van der Waals surface area contributed by atoms with E-state index in [0.717, 1.165) is 5.56 Å². The van der Waals surface area contributed by atoms with Crippen molar-refractivity contribution in [3.8, 4) is 11.5 Å². The molecule has 0 saturated heterocycles. The molecule has 0 bridgehead atoms. The van der Waals surface area contributed by atoms with E-state index in [4.69, 9.17) is 9.63 Å². The van der Waals surface area contributed by atoms with Gasteiger partial charge in [-0.25, -0.2) is 4.39 Å². The maximum atomic E-state index is 12.8. The van der Waals surface area contributed by atoms with Crippen molar-refractivity contribution in [2.24, 2.45) is 0 Å². The Bertz CT molecular complexity index is 477. The monoisotopic (exact) mass is 220 g/mol. The fourth-order valence-corrected chi connectivity index (χ4v) is 1.25. The van der Waals surface area contributed by atoms with Gasteiger partial charge in [-0.3, -0.25) is 0 Å². The minimum Gasteiger partial charge on any atom is -0.389 e. The number of nitrogens with zero attached hydrogens (tertiary/aromatic N) is 2. The number of hydrogen-bond acceptors (Lipinski definition) is 4. The van der Waals surface area contributed by atoms with Crippen molar-refractivity contribution in [2.75, 3.05) is 6.61 Å². The predicted octanol–water partition coefficient (Wildman–Crippen LogP) is 2.04. The second-order valence-electron chi connectivity index (χ2n) is 3.12. The molecule has 5 heteroatoms. The molecule has 1 N–H and O–H groups in total. The van der Waals surface area contributed by atoms with Gasteiger partial charge in [0.05, 0.1) is 6.61 Å². The van der Waals surface area contributed by atoms with E-state index >= 15 is 0 Å². The maximum Gasteiger partial charge on any atom is 0.257 e. The van der Waals surface area contributed by atoms with E-state index in [2.05, 4.69) is 10.1 Å². The molecule has 0 aliphatic rings. The van der Waals surface area contributed by atoms with Gasteiger partial charge in [-0.2, -0.15) is 4.98 Å². The number of benzene rings is 1. The summed E-state index contributed by atoms with van der Waals surface area (Å²) in [4.78, 5) is 3.89. The van der Waals surface area contributed by atoms with Gasteiger partial charge in [0.2, 0.25) is 0 Å². The first kappa shape index (κ1) is 10.5. The smallest absolute Gasteiger partial charge is 0.257 e. The molecule has 2 aromatic rings. The highest BCUT2D eigenvalue weighted by Crippen LogP contribution is 2.17. The molecular weight excluding hydrogens is 211 g/mol. The molecule has 2 rings (SSSR count). The van der Waals surface area contributed by atoms with E-state index in [9.17, 15) is 4.39 Å². The highest BCUT2D eigenvalue weighted by atomic mass is 19.1. The molecule has 1 aromatic heterocycles. The van der Waals surface area contributed by atoms with Crippen LogP contribution in [0.4, 0.5) is 4.39 Å². The van der Waals surface area contributed by atoms with Gasteiger partial charge in [0, 0.05) is 5.56 Å². The Morgan fingerprint density at radius 1 is 1.38 bits per heavy atom. The van der Waals surface area contributed by atoms with Crippen LogP contribution in [-0.4, -0.2) is 21.9 Å². The number of aliphatic hydroxyl groups excluding tert-OH is 1. The summed E-state index contributed by atoms with van der Waals surface area (Å²) in [5, 5.41) is 12.0. The molecular formula is C11H9FN2O2. The molecule has 1 heterocycles. The van der Waals surface area contributed by atoms with E-state index < -0.39 is 12.4 Å². The number of rotatable bonds is 3. The average molecular weight is 220 g/mol. The Morgan fingerprint density at radius 2 is 2.12 bits per heavy atom. The molecule has 0 amide bonds. The fraction of sp³-hybridized carbons (Fsp3) is 0.0909. The van der Waals surface area contributed by atoms with Crippen molar-refractivity contribution in [1.82, 2.24) is 10.1 Å². The van der Waals surface area contributed by atoms with Crippen LogP contribution in [-0.2, 0) is 0 Å². The standard InChI is InChI=1S/C11H9FN2O2/c12-10(6-15)5-8-1-3-9(4-2-8)11-13-7-14-16-11/h1-5,7,15H,6H2. The first-order valence-corrected chi connectivity index (χ1v) is 4.63. The molecule has 0 aliphatic carbocycles. The molecule has 1 aromatic carbocycles. The minimum absolute atomic E-state index is 0.415. The van der Waals surface area contributed by atoms with Crippen molar-refractivity contribution in [1.29, 1.82) is 0 Å². The van der Waals surface area contributed by atoms with Gasteiger partial charge < -0.3 is 9.63 Å². The van der Waals surface area contributed by atoms with Gasteiger partial charge in [0.1, 0.15) is 5.83 Å². The van der Waals surface area contributed by atoms with Gasteiger partial charge in [0.15, 0.2) is 6.33 Å². The molecule has 0 radical (unpaired) electrons. The lowest BCUT2D eigenvalue weighted by Gasteiger charge is -1.96. The zero-order valence-corrected chi connectivity index (χ0v) is 8.30. The summed E-state index contributed by atoms with van der Waals surface area (Å²) in [5.74, 6) is -0.163. The van der Waals surface area contributed by atoms with Crippen LogP contribution >= 0.6 is 0 Å². The molecule has 0 fully saturated rings. The molecule has 0 unspecified atom stereocenters. The molecule has 16 heavy (non-hydrogen) atoms. The number of halogens is 1. The summed E-state index contributed by atoms with van der Waals surface area (Å²) < 4.78 is 17.6. The van der Waals surface area contributed by atoms with Crippen molar-refractivity contribution in [3.05, 3.63) is 42.0 Å². The van der Waals surface area contributed by atoms with E-state index in [0.29, 0.717) is 11.5 Å². The number of aliphatic hydroxyl groups is 1. The van der Waals surface area contributed by atoms with Crippen LogP contribution in [0.25, 0.3) is 17.5 Å². The Hall–Kier alpha value is -2.01. The summed E-state index contributed by atoms with van der Waals surface area (Å²) in [5.41, 5.74) is 1.42. The highest BCUT2D eigenvalue weighted by Gasteiger charge is 2.02. The Morgan fingerprint density at radius 3 is 2.69 bits per heavy atom. The van der Waals surface area contributed by atoms with Crippen LogP contribution in [0.2, 0.25) is 0 Å². The largest absolute Gasteiger partial charge is 0.389 e. The third kappa shape index (κ3) is 2.32. The highest BCUT2D eigenvalue weighted by molar-refractivity contribution is 5.59. The summed E-state index contributed by atoms with van der Waals surface area (Å²) in [6.07, 6.45) is 2.58. The number of aromatic nitrogens is 2. The van der Waals surface area contributed by atoms with Crippen LogP contribution in [0.1, 0.15) is 5.56 Å². The van der Waals surface area contributed by atoms with Gasteiger partial charge in [-0.15, -0.1) is 0 Å². The zero-order chi connectivity index (χ0) is 11.4. The normalized spacial score (nSPS) is 11.8. The summed E-state index contributed by atoms with van der Waals surface area (Å²) in [6, 6.07) is 6.89. The quantitative estimate of drug-likeness (QED) is 0.859. The van der Waals surface area contributed by atoms with Gasteiger partial charge in [-0.1, -0.05) is 17.3 Å². The molecule has 82 valence electrons. The average Bonchev–Trinajstić information content (AvgIpc) is 2.83. The van der Waals surface area contributed by atoms with Crippen molar-refractivity contribution in [3.63, 3.8) is 0 Å². The van der Waals surface area contributed by atoms with Crippen LogP contribution in [0.3, 0.4) is 0 Å². The second-order valence-corrected chi connectivity index (χ2v) is 3.12. The van der Waals surface area contributed by atoms with E-state index in [1.54, 1.807) is 24.3 Å². The van der Waals surface area contributed by atoms with Crippen molar-refractivity contribution in [2.45, 2.75) is 0 Å². The molecule has 0 aliphatic heterocycles. The third-order valence-electron chi connectivity index (χ3n) is 1.99. The first-order valence-electron chi connectivity index (χ1n) is 4.63. The first-order chi connectivity index (χ1) is 7.79. The maximum absolute atomic E-state index is 12.8. The lowest BCUT2D eigenvalue weighted by atomic mass is 10.1. The van der Waals surface area contributed by atoms with E-state index in [-0.39, 0.29) is 0 Å². The minimum atomic E-state index is -0.592. The topological polar surface area (TPSA) is 59.2 Å². The van der Waals surface area contributed by atoms with Crippen LogP contribution < -0.4 is 0 Å². The van der Waals surface area contributed by atoms with Crippen LogP contribution in [0.15, 0.2) is 40.9 Å². The van der Waals surface area contributed by atoms with Crippen molar-refractivity contribution >= 4 is 6.08 Å². The van der Waals surface area contributed by atoms with Crippen LogP contribution in [0.5, 0.6) is 0 Å². The Kier molecular flexibility index (Phi) is 3.07.